The Morgan fingerprint density at radius 2 is 1.85 bits per heavy atom. The summed E-state index contributed by atoms with van der Waals surface area (Å²) >= 11 is 0. The normalized spacial score (nSPS) is 22.9. The number of likely N-dealkylation sites (N-methyl/N-ethyl adjacent to an activating group) is 1. The number of amides is 1. The minimum Gasteiger partial charge on any atom is -0.367 e. The number of hydrogen-bond donors (Lipinski definition) is 2. The van der Waals surface area contributed by atoms with Crippen LogP contribution in [0.4, 0.5) is 11.6 Å². The average Bonchev–Trinajstić information content (AvgIpc) is 2.80. The zero-order valence-electron chi connectivity index (χ0n) is 15.7. The molecule has 3 heterocycles. The molecule has 2 aliphatic heterocycles. The molecular weight excluding hydrogens is 328 g/mol. The van der Waals surface area contributed by atoms with Gasteiger partial charge in [-0.3, -0.25) is 4.79 Å². The highest BCUT2D eigenvalue weighted by Gasteiger charge is 2.32. The van der Waals surface area contributed by atoms with E-state index in [4.69, 9.17) is 0 Å². The summed E-state index contributed by atoms with van der Waals surface area (Å²) in [5.74, 6) is 2.01. The van der Waals surface area contributed by atoms with Gasteiger partial charge in [-0.05, 0) is 38.8 Å². The molecule has 0 bridgehead atoms. The number of nitrogens with one attached hydrogen (secondary N) is 2. The maximum atomic E-state index is 12.9. The molecule has 26 heavy (non-hydrogen) atoms. The predicted molar refractivity (Wildman–Crippen MR) is 102 cm³/mol. The number of aromatic nitrogens is 2. The Morgan fingerprint density at radius 3 is 2.62 bits per heavy atom. The maximum absolute atomic E-state index is 12.9. The van der Waals surface area contributed by atoms with Crippen LogP contribution in [0.2, 0.25) is 0 Å². The Balaban J connectivity index is 1.61. The molecular formula is C19H30N6O. The van der Waals surface area contributed by atoms with Crippen LogP contribution in [0.5, 0.6) is 0 Å². The van der Waals surface area contributed by atoms with Crippen molar-refractivity contribution >= 4 is 17.5 Å². The lowest BCUT2D eigenvalue weighted by Crippen LogP contribution is -2.47. The molecule has 1 saturated heterocycles. The van der Waals surface area contributed by atoms with Crippen molar-refractivity contribution in [2.45, 2.75) is 63.6 Å². The van der Waals surface area contributed by atoms with Gasteiger partial charge in [0.1, 0.15) is 18.0 Å². The van der Waals surface area contributed by atoms with Crippen LogP contribution in [-0.4, -0.2) is 59.5 Å². The largest absolute Gasteiger partial charge is 0.367 e. The van der Waals surface area contributed by atoms with Gasteiger partial charge in [0.25, 0.3) is 0 Å². The molecule has 0 atom stereocenters. The van der Waals surface area contributed by atoms with E-state index in [0.29, 0.717) is 25.2 Å². The highest BCUT2D eigenvalue weighted by molar-refractivity contribution is 5.84. The molecule has 0 spiro atoms. The second-order valence-corrected chi connectivity index (χ2v) is 7.86. The number of hydrogen-bond acceptors (Lipinski definition) is 6. The summed E-state index contributed by atoms with van der Waals surface area (Å²) in [5, 5.41) is 7.06. The zero-order valence-corrected chi connectivity index (χ0v) is 15.7. The number of fused-ring (bicyclic) bond motifs is 1. The van der Waals surface area contributed by atoms with Gasteiger partial charge in [-0.15, -0.1) is 0 Å². The SMILES string of the molecule is CN1CC(=O)N(C2CCNCC2)Cc2c(NC3CCCCC3)ncnc21. The summed E-state index contributed by atoms with van der Waals surface area (Å²) in [6, 6.07) is 0.796. The van der Waals surface area contributed by atoms with Crippen molar-refractivity contribution in [2.24, 2.45) is 0 Å². The minimum absolute atomic E-state index is 0.195. The third-order valence-corrected chi connectivity index (χ3v) is 6.00. The summed E-state index contributed by atoms with van der Waals surface area (Å²) in [4.78, 5) is 26.0. The van der Waals surface area contributed by atoms with Crippen molar-refractivity contribution in [3.63, 3.8) is 0 Å². The first kappa shape index (κ1) is 17.5. The smallest absolute Gasteiger partial charge is 0.242 e. The van der Waals surface area contributed by atoms with E-state index in [9.17, 15) is 4.79 Å². The summed E-state index contributed by atoms with van der Waals surface area (Å²) < 4.78 is 0. The lowest BCUT2D eigenvalue weighted by atomic mass is 9.95. The van der Waals surface area contributed by atoms with Crippen LogP contribution >= 0.6 is 0 Å². The summed E-state index contributed by atoms with van der Waals surface area (Å²) in [6.45, 7) is 2.96. The number of rotatable bonds is 3. The molecule has 2 fully saturated rings. The molecule has 0 radical (unpaired) electrons. The van der Waals surface area contributed by atoms with Crippen molar-refractivity contribution < 1.29 is 4.79 Å². The number of carbonyl (C=O) groups excluding carboxylic acids is 1. The standard InChI is InChI=1S/C19H30N6O/c1-24-12-17(26)25(15-7-9-20-10-8-15)11-16-18(21-13-22-19(16)24)23-14-5-3-2-4-6-14/h13-15,20H,2-12H2,1H3,(H,21,22,23). The zero-order chi connectivity index (χ0) is 17.9. The van der Waals surface area contributed by atoms with Crippen molar-refractivity contribution in [2.75, 3.05) is 36.9 Å². The van der Waals surface area contributed by atoms with Crippen molar-refractivity contribution in [3.05, 3.63) is 11.9 Å². The highest BCUT2D eigenvalue weighted by Crippen LogP contribution is 2.31. The third kappa shape index (κ3) is 3.63. The van der Waals surface area contributed by atoms with Crippen molar-refractivity contribution in [3.8, 4) is 0 Å². The monoisotopic (exact) mass is 358 g/mol. The van der Waals surface area contributed by atoms with E-state index in [1.54, 1.807) is 6.33 Å². The highest BCUT2D eigenvalue weighted by atomic mass is 16.2. The molecule has 1 aliphatic carbocycles. The van der Waals surface area contributed by atoms with Crippen LogP contribution in [-0.2, 0) is 11.3 Å². The van der Waals surface area contributed by atoms with Crippen molar-refractivity contribution in [1.82, 2.24) is 20.2 Å². The quantitative estimate of drug-likeness (QED) is 0.858. The van der Waals surface area contributed by atoms with E-state index in [0.717, 1.165) is 43.1 Å². The van der Waals surface area contributed by atoms with Crippen LogP contribution in [0.1, 0.15) is 50.5 Å². The number of carbonyl (C=O) groups is 1. The second kappa shape index (κ2) is 7.78. The fourth-order valence-corrected chi connectivity index (χ4v) is 4.52. The van der Waals surface area contributed by atoms with E-state index in [-0.39, 0.29) is 5.91 Å². The Hall–Kier alpha value is -1.89. The molecule has 1 saturated carbocycles. The van der Waals surface area contributed by atoms with Gasteiger partial charge in [-0.1, -0.05) is 19.3 Å². The minimum atomic E-state index is 0.195. The van der Waals surface area contributed by atoms with Gasteiger partial charge >= 0.3 is 0 Å². The number of anilines is 2. The maximum Gasteiger partial charge on any atom is 0.242 e. The van der Waals surface area contributed by atoms with E-state index < -0.39 is 0 Å². The molecule has 142 valence electrons. The Morgan fingerprint density at radius 1 is 1.08 bits per heavy atom. The first-order chi connectivity index (χ1) is 12.7. The second-order valence-electron chi connectivity index (χ2n) is 7.86. The molecule has 2 N–H and O–H groups in total. The first-order valence-corrected chi connectivity index (χ1v) is 10.0. The lowest BCUT2D eigenvalue weighted by molar-refractivity contribution is -0.133. The van der Waals surface area contributed by atoms with E-state index >= 15 is 0 Å². The van der Waals surface area contributed by atoms with Crippen LogP contribution in [0.25, 0.3) is 0 Å². The molecule has 7 nitrogen and oxygen atoms in total. The summed E-state index contributed by atoms with van der Waals surface area (Å²) in [5.41, 5.74) is 1.07. The van der Waals surface area contributed by atoms with Gasteiger partial charge in [0.15, 0.2) is 0 Å². The third-order valence-electron chi connectivity index (χ3n) is 6.00. The molecule has 1 aromatic rings. The van der Waals surface area contributed by atoms with Crippen LogP contribution in [0.15, 0.2) is 6.33 Å². The topological polar surface area (TPSA) is 73.4 Å². The van der Waals surface area contributed by atoms with Crippen molar-refractivity contribution in [1.29, 1.82) is 0 Å². The van der Waals surface area contributed by atoms with E-state index in [1.165, 1.54) is 32.1 Å². The molecule has 4 rings (SSSR count). The van der Waals surface area contributed by atoms with E-state index in [1.807, 2.05) is 11.9 Å². The molecule has 7 heteroatoms. The molecule has 0 unspecified atom stereocenters. The van der Waals surface area contributed by atoms with Crippen LogP contribution < -0.4 is 15.5 Å². The van der Waals surface area contributed by atoms with Gasteiger partial charge in [-0.25, -0.2) is 9.97 Å². The molecule has 1 amide bonds. The van der Waals surface area contributed by atoms with Gasteiger partial charge in [0.2, 0.25) is 5.91 Å². The average molecular weight is 358 g/mol. The Bertz CT molecular complexity index is 639. The van der Waals surface area contributed by atoms with Gasteiger partial charge < -0.3 is 20.4 Å². The number of nitrogens with zero attached hydrogens (tertiary/aromatic N) is 4. The van der Waals surface area contributed by atoms with E-state index in [2.05, 4.69) is 25.5 Å². The molecule has 3 aliphatic rings. The molecule has 0 aromatic carbocycles. The Labute approximate surface area is 155 Å². The fraction of sp³-hybridized carbons (Fsp3) is 0.737. The molecule has 1 aromatic heterocycles. The fourth-order valence-electron chi connectivity index (χ4n) is 4.52. The lowest BCUT2D eigenvalue weighted by Gasteiger charge is -2.34. The predicted octanol–water partition coefficient (Wildman–Crippen LogP) is 1.75. The van der Waals surface area contributed by atoms with Gasteiger partial charge in [-0.2, -0.15) is 0 Å². The van der Waals surface area contributed by atoms with Crippen LogP contribution in [0, 0.1) is 0 Å². The number of piperidine rings is 1. The summed E-state index contributed by atoms with van der Waals surface area (Å²) in [7, 11) is 1.96. The Kier molecular flexibility index (Phi) is 5.24. The van der Waals surface area contributed by atoms with Crippen LogP contribution in [0.3, 0.4) is 0 Å². The summed E-state index contributed by atoms with van der Waals surface area (Å²) in [6.07, 6.45) is 9.96. The first-order valence-electron chi connectivity index (χ1n) is 10.0. The van der Waals surface area contributed by atoms with Gasteiger partial charge in [0.05, 0.1) is 18.7 Å². The van der Waals surface area contributed by atoms with Gasteiger partial charge in [0, 0.05) is 19.1 Å².